The fourth-order valence-electron chi connectivity index (χ4n) is 7.43. The molecule has 188 valence electrons. The van der Waals surface area contributed by atoms with Gasteiger partial charge in [-0.3, -0.25) is 0 Å². The summed E-state index contributed by atoms with van der Waals surface area (Å²) in [5, 5.41) is 0. The third kappa shape index (κ3) is 3.29. The summed E-state index contributed by atoms with van der Waals surface area (Å²) in [5.74, 6) is 0. The summed E-state index contributed by atoms with van der Waals surface area (Å²) in [6, 6.07) is 27.4. The minimum Gasteiger partial charge on any atom is -0.0683 e. The number of benzene rings is 4. The molecule has 38 heavy (non-hydrogen) atoms. The van der Waals surface area contributed by atoms with E-state index in [9.17, 15) is 0 Å². The summed E-state index contributed by atoms with van der Waals surface area (Å²) in [6.07, 6.45) is 6.92. The number of hydrogen-bond acceptors (Lipinski definition) is 0. The molecule has 0 saturated carbocycles. The molecular formula is C38H36. The van der Waals surface area contributed by atoms with Gasteiger partial charge in [0.25, 0.3) is 0 Å². The van der Waals surface area contributed by atoms with Crippen molar-refractivity contribution in [1.82, 2.24) is 0 Å². The van der Waals surface area contributed by atoms with Crippen molar-refractivity contribution in [2.75, 3.05) is 0 Å². The lowest BCUT2D eigenvalue weighted by molar-refractivity contribution is 0.660. The zero-order valence-electron chi connectivity index (χ0n) is 23.5. The molecule has 0 heterocycles. The predicted octanol–water partition coefficient (Wildman–Crippen LogP) is 9.90. The molecule has 0 unspecified atom stereocenters. The summed E-state index contributed by atoms with van der Waals surface area (Å²) in [4.78, 5) is 0. The SMILES string of the molecule is CC1=Cc2cc3c(cc2C1)-c1ccccc1C3(C)C.CC1=Cc2cc3c(cc2C1)-c1ccccc1C3(C)C. The Morgan fingerprint density at radius 3 is 1.29 bits per heavy atom. The summed E-state index contributed by atoms with van der Waals surface area (Å²) < 4.78 is 0. The third-order valence-electron chi connectivity index (χ3n) is 9.43. The summed E-state index contributed by atoms with van der Waals surface area (Å²) in [6.45, 7) is 13.8. The van der Waals surface area contributed by atoms with Crippen LogP contribution in [-0.4, -0.2) is 0 Å². The Labute approximate surface area is 227 Å². The van der Waals surface area contributed by atoms with E-state index in [2.05, 4.69) is 126 Å². The number of fused-ring (bicyclic) bond motifs is 8. The fraction of sp³-hybridized carbons (Fsp3) is 0.263. The molecule has 8 rings (SSSR count). The molecule has 0 heteroatoms. The van der Waals surface area contributed by atoms with Crippen LogP contribution in [0.5, 0.6) is 0 Å². The van der Waals surface area contributed by atoms with Crippen LogP contribution in [0.1, 0.15) is 86.1 Å². The van der Waals surface area contributed by atoms with Gasteiger partial charge in [-0.1, -0.05) is 99.5 Å². The van der Waals surface area contributed by atoms with Crippen molar-refractivity contribution < 1.29 is 0 Å². The maximum absolute atomic E-state index is 2.42. The summed E-state index contributed by atoms with van der Waals surface area (Å²) in [5.41, 5.74) is 20.7. The molecule has 0 nitrogen and oxygen atoms in total. The Morgan fingerprint density at radius 1 is 0.474 bits per heavy atom. The minimum absolute atomic E-state index is 0.130. The summed E-state index contributed by atoms with van der Waals surface area (Å²) >= 11 is 0. The third-order valence-corrected chi connectivity index (χ3v) is 9.43. The van der Waals surface area contributed by atoms with Gasteiger partial charge < -0.3 is 0 Å². The van der Waals surface area contributed by atoms with Crippen molar-refractivity contribution in [1.29, 1.82) is 0 Å². The first-order valence-corrected chi connectivity index (χ1v) is 14.0. The van der Waals surface area contributed by atoms with Crippen LogP contribution in [-0.2, 0) is 23.7 Å². The number of hydrogen-bond donors (Lipinski definition) is 0. The van der Waals surface area contributed by atoms with Gasteiger partial charge >= 0.3 is 0 Å². The maximum Gasteiger partial charge on any atom is 0.0159 e. The Bertz CT molecular complexity index is 1590. The van der Waals surface area contributed by atoms with Crippen LogP contribution >= 0.6 is 0 Å². The van der Waals surface area contributed by atoms with Crippen molar-refractivity contribution in [3.05, 3.63) is 128 Å². The van der Waals surface area contributed by atoms with Gasteiger partial charge in [-0.05, 0) is 118 Å². The molecular weight excluding hydrogens is 456 g/mol. The molecule has 0 aromatic heterocycles. The highest BCUT2D eigenvalue weighted by molar-refractivity contribution is 5.85. The lowest BCUT2D eigenvalue weighted by Crippen LogP contribution is -2.15. The van der Waals surface area contributed by atoms with Crippen molar-refractivity contribution >= 4 is 12.2 Å². The van der Waals surface area contributed by atoms with Gasteiger partial charge in [0, 0.05) is 10.8 Å². The highest BCUT2D eigenvalue weighted by Crippen LogP contribution is 2.51. The zero-order chi connectivity index (χ0) is 26.4. The van der Waals surface area contributed by atoms with Gasteiger partial charge in [-0.2, -0.15) is 0 Å². The second kappa shape index (κ2) is 7.93. The van der Waals surface area contributed by atoms with E-state index in [4.69, 9.17) is 0 Å². The lowest BCUT2D eigenvalue weighted by Gasteiger charge is -2.21. The largest absolute Gasteiger partial charge is 0.0683 e. The van der Waals surface area contributed by atoms with E-state index in [1.165, 1.54) is 77.9 Å². The molecule has 0 N–H and O–H groups in total. The van der Waals surface area contributed by atoms with Gasteiger partial charge in [-0.15, -0.1) is 0 Å². The molecule has 4 aromatic rings. The van der Waals surface area contributed by atoms with Crippen LogP contribution in [0, 0.1) is 0 Å². The highest BCUT2D eigenvalue weighted by Gasteiger charge is 2.37. The zero-order valence-corrected chi connectivity index (χ0v) is 23.5. The normalized spacial score (nSPS) is 17.7. The average Bonchev–Trinajstić information content (AvgIpc) is 3.57. The summed E-state index contributed by atoms with van der Waals surface area (Å²) in [7, 11) is 0. The first kappa shape index (κ1) is 23.5. The molecule has 0 saturated heterocycles. The maximum atomic E-state index is 2.42. The minimum atomic E-state index is 0.130. The molecule has 0 atom stereocenters. The topological polar surface area (TPSA) is 0 Å². The monoisotopic (exact) mass is 492 g/mol. The molecule has 0 bridgehead atoms. The van der Waals surface area contributed by atoms with Gasteiger partial charge in [0.1, 0.15) is 0 Å². The van der Waals surface area contributed by atoms with Crippen LogP contribution < -0.4 is 0 Å². The Hall–Kier alpha value is -3.64. The van der Waals surface area contributed by atoms with Crippen LogP contribution in [0.2, 0.25) is 0 Å². The molecule has 4 aromatic carbocycles. The van der Waals surface area contributed by atoms with E-state index in [0.717, 1.165) is 12.8 Å². The molecule has 0 fully saturated rings. The molecule has 0 radical (unpaired) electrons. The molecule has 0 spiro atoms. The molecule has 4 aliphatic carbocycles. The van der Waals surface area contributed by atoms with Gasteiger partial charge in [-0.25, -0.2) is 0 Å². The Morgan fingerprint density at radius 2 is 0.868 bits per heavy atom. The smallest absolute Gasteiger partial charge is 0.0159 e. The first-order chi connectivity index (χ1) is 18.1. The number of allylic oxidation sites excluding steroid dienone is 2. The van der Waals surface area contributed by atoms with Crippen LogP contribution in [0.3, 0.4) is 0 Å². The van der Waals surface area contributed by atoms with E-state index in [-0.39, 0.29) is 10.8 Å². The van der Waals surface area contributed by atoms with Crippen molar-refractivity contribution in [3.8, 4) is 22.3 Å². The quantitative estimate of drug-likeness (QED) is 0.229. The molecule has 0 aliphatic heterocycles. The van der Waals surface area contributed by atoms with E-state index in [1.807, 2.05) is 0 Å². The highest BCUT2D eigenvalue weighted by atomic mass is 14.4. The van der Waals surface area contributed by atoms with Crippen LogP contribution in [0.4, 0.5) is 0 Å². The van der Waals surface area contributed by atoms with E-state index in [1.54, 1.807) is 0 Å². The van der Waals surface area contributed by atoms with Gasteiger partial charge in [0.15, 0.2) is 0 Å². The molecule has 4 aliphatic rings. The van der Waals surface area contributed by atoms with Crippen LogP contribution in [0.15, 0.2) is 83.9 Å². The Balaban J connectivity index is 0.000000127. The molecule has 0 amide bonds. The van der Waals surface area contributed by atoms with Crippen molar-refractivity contribution in [2.45, 2.75) is 65.2 Å². The standard InChI is InChI=1S/2C19H18/c2*1-12-8-13-10-16-15-6-4-5-7-17(15)19(2,3)18(16)11-14(13)9-12/h2*4-7,9-11H,8H2,1-3H3. The van der Waals surface area contributed by atoms with E-state index < -0.39 is 0 Å². The average molecular weight is 493 g/mol. The van der Waals surface area contributed by atoms with Gasteiger partial charge in [0.2, 0.25) is 0 Å². The first-order valence-electron chi connectivity index (χ1n) is 14.0. The second-order valence-corrected chi connectivity index (χ2v) is 12.9. The Kier molecular flexibility index (Phi) is 4.90. The number of rotatable bonds is 0. The lowest BCUT2D eigenvalue weighted by atomic mass is 9.82. The van der Waals surface area contributed by atoms with Crippen molar-refractivity contribution in [2.24, 2.45) is 0 Å². The van der Waals surface area contributed by atoms with E-state index >= 15 is 0 Å². The van der Waals surface area contributed by atoms with Crippen LogP contribution in [0.25, 0.3) is 34.4 Å². The predicted molar refractivity (Wildman–Crippen MR) is 163 cm³/mol. The fourth-order valence-corrected chi connectivity index (χ4v) is 7.43. The second-order valence-electron chi connectivity index (χ2n) is 12.9. The van der Waals surface area contributed by atoms with E-state index in [0.29, 0.717) is 0 Å². The van der Waals surface area contributed by atoms with Gasteiger partial charge in [0.05, 0.1) is 0 Å². The van der Waals surface area contributed by atoms with Crippen molar-refractivity contribution in [3.63, 3.8) is 0 Å².